The Hall–Kier alpha value is -2.74. The standard InChI is InChI=1S/C31H38ClNO5S/c1-21(2)39-27-19-23(22-10-7-6-8-11-22)14-15-31(27,28(35)36)16-17-33(29(37)38-30(3,4)5)20-26(34)24-12-9-13-25(32)18-24/h6-15,18-19,21,26-27,34H,16-17,20H2,1-5H3,(H,35,36)/t26-,27?,31?/m0/s1. The molecule has 3 rings (SSSR count). The van der Waals surface area contributed by atoms with Crippen molar-refractivity contribution in [3.8, 4) is 0 Å². The molecule has 0 saturated heterocycles. The molecule has 1 aliphatic rings. The highest BCUT2D eigenvalue weighted by atomic mass is 35.5. The van der Waals surface area contributed by atoms with Crippen molar-refractivity contribution < 1.29 is 24.5 Å². The van der Waals surface area contributed by atoms with E-state index in [1.807, 2.05) is 56.3 Å². The summed E-state index contributed by atoms with van der Waals surface area (Å²) < 4.78 is 5.63. The lowest BCUT2D eigenvalue weighted by Crippen LogP contribution is -2.46. The Morgan fingerprint density at radius 1 is 1.13 bits per heavy atom. The van der Waals surface area contributed by atoms with Crippen LogP contribution in [0.15, 0.2) is 72.8 Å². The molecule has 2 unspecified atom stereocenters. The van der Waals surface area contributed by atoms with E-state index in [9.17, 15) is 19.8 Å². The van der Waals surface area contributed by atoms with Gasteiger partial charge in [-0.2, -0.15) is 11.8 Å². The van der Waals surface area contributed by atoms with E-state index >= 15 is 0 Å². The van der Waals surface area contributed by atoms with Crippen LogP contribution in [0, 0.1) is 5.41 Å². The first-order valence-electron chi connectivity index (χ1n) is 13.1. The largest absolute Gasteiger partial charge is 0.481 e. The summed E-state index contributed by atoms with van der Waals surface area (Å²) in [7, 11) is 0. The molecule has 3 atom stereocenters. The number of carboxylic acid groups (broad SMARTS) is 1. The number of carboxylic acids is 1. The maximum absolute atomic E-state index is 13.2. The second kappa shape index (κ2) is 13.1. The number of aliphatic carboxylic acids is 1. The molecule has 2 aromatic rings. The maximum Gasteiger partial charge on any atom is 0.410 e. The number of hydrogen-bond donors (Lipinski definition) is 2. The predicted molar refractivity (Wildman–Crippen MR) is 159 cm³/mol. The van der Waals surface area contributed by atoms with Crippen LogP contribution in [-0.2, 0) is 9.53 Å². The zero-order valence-electron chi connectivity index (χ0n) is 23.1. The fourth-order valence-corrected chi connectivity index (χ4v) is 5.99. The van der Waals surface area contributed by atoms with Gasteiger partial charge in [0.2, 0.25) is 0 Å². The molecule has 2 N–H and O–H groups in total. The fraction of sp³-hybridized carbons (Fsp3) is 0.419. The van der Waals surface area contributed by atoms with Gasteiger partial charge in [-0.05, 0) is 61.3 Å². The normalized spacial score (nSPS) is 19.9. The van der Waals surface area contributed by atoms with Gasteiger partial charge < -0.3 is 19.8 Å². The van der Waals surface area contributed by atoms with Crippen molar-refractivity contribution in [1.82, 2.24) is 4.90 Å². The number of benzene rings is 2. The van der Waals surface area contributed by atoms with Crippen LogP contribution in [0.2, 0.25) is 5.02 Å². The minimum absolute atomic E-state index is 0.0677. The molecule has 2 aromatic carbocycles. The van der Waals surface area contributed by atoms with Crippen LogP contribution < -0.4 is 0 Å². The molecule has 39 heavy (non-hydrogen) atoms. The second-order valence-corrected chi connectivity index (χ2v) is 13.2. The number of aliphatic hydroxyl groups is 1. The third-order valence-corrected chi connectivity index (χ3v) is 8.03. The Morgan fingerprint density at radius 2 is 1.82 bits per heavy atom. The number of allylic oxidation sites excluding steroid dienone is 2. The lowest BCUT2D eigenvalue weighted by Gasteiger charge is -2.38. The molecule has 1 amide bonds. The predicted octanol–water partition coefficient (Wildman–Crippen LogP) is 7.24. The number of rotatable bonds is 10. The molecule has 0 fully saturated rings. The van der Waals surface area contributed by atoms with Crippen molar-refractivity contribution in [1.29, 1.82) is 0 Å². The summed E-state index contributed by atoms with van der Waals surface area (Å²) in [6.07, 6.45) is 4.15. The lowest BCUT2D eigenvalue weighted by atomic mass is 9.76. The third kappa shape index (κ3) is 8.37. The summed E-state index contributed by atoms with van der Waals surface area (Å²) in [6.45, 7) is 9.40. The van der Waals surface area contributed by atoms with Gasteiger partial charge in [0, 0.05) is 16.8 Å². The highest BCUT2D eigenvalue weighted by Gasteiger charge is 2.46. The number of amides is 1. The molecule has 0 bridgehead atoms. The van der Waals surface area contributed by atoms with Crippen LogP contribution in [0.1, 0.15) is 58.3 Å². The Balaban J connectivity index is 1.91. The Morgan fingerprint density at radius 3 is 2.41 bits per heavy atom. The van der Waals surface area contributed by atoms with Gasteiger partial charge in [0.05, 0.1) is 12.6 Å². The summed E-state index contributed by atoms with van der Waals surface area (Å²) in [5.74, 6) is -0.959. The zero-order chi connectivity index (χ0) is 28.8. The molecule has 0 spiro atoms. The van der Waals surface area contributed by atoms with Crippen LogP contribution in [0.3, 0.4) is 0 Å². The molecule has 8 heteroatoms. The van der Waals surface area contributed by atoms with Gasteiger partial charge in [-0.3, -0.25) is 4.79 Å². The van der Waals surface area contributed by atoms with Crippen LogP contribution in [-0.4, -0.2) is 56.4 Å². The van der Waals surface area contributed by atoms with Crippen molar-refractivity contribution >= 4 is 41.0 Å². The first kappa shape index (κ1) is 30.8. The smallest absolute Gasteiger partial charge is 0.410 e. The minimum atomic E-state index is -1.26. The first-order valence-corrected chi connectivity index (χ1v) is 14.4. The molecule has 0 heterocycles. The number of carbonyl (C=O) groups is 2. The lowest BCUT2D eigenvalue weighted by molar-refractivity contribution is -0.146. The van der Waals surface area contributed by atoms with Gasteiger partial charge in [-0.25, -0.2) is 4.79 Å². The van der Waals surface area contributed by atoms with E-state index in [1.165, 1.54) is 4.90 Å². The fourth-order valence-electron chi connectivity index (χ4n) is 4.43. The molecule has 0 radical (unpaired) electrons. The van der Waals surface area contributed by atoms with Gasteiger partial charge in [-0.15, -0.1) is 0 Å². The average molecular weight is 572 g/mol. The van der Waals surface area contributed by atoms with Gasteiger partial charge in [0.25, 0.3) is 0 Å². The van der Waals surface area contributed by atoms with Gasteiger partial charge in [0.15, 0.2) is 0 Å². The van der Waals surface area contributed by atoms with Crippen molar-refractivity contribution in [2.24, 2.45) is 5.41 Å². The molecular weight excluding hydrogens is 534 g/mol. The summed E-state index contributed by atoms with van der Waals surface area (Å²) in [5, 5.41) is 21.8. The number of hydrogen-bond acceptors (Lipinski definition) is 5. The maximum atomic E-state index is 13.2. The SMILES string of the molecule is CC(C)SC1C=C(c2ccccc2)C=CC1(CCN(C[C@H](O)c1cccc(Cl)c1)C(=O)OC(C)(C)C)C(=O)O. The van der Waals surface area contributed by atoms with Gasteiger partial charge in [-0.1, -0.05) is 86.1 Å². The molecule has 1 aliphatic carbocycles. The number of ether oxygens (including phenoxy) is 1. The minimum Gasteiger partial charge on any atom is -0.481 e. The molecule has 0 aromatic heterocycles. The average Bonchev–Trinajstić information content (AvgIpc) is 2.86. The van der Waals surface area contributed by atoms with E-state index in [2.05, 4.69) is 0 Å². The van der Waals surface area contributed by atoms with E-state index in [1.54, 1.807) is 62.9 Å². The Bertz CT molecular complexity index is 1210. The van der Waals surface area contributed by atoms with E-state index in [0.29, 0.717) is 10.6 Å². The quantitative estimate of drug-likeness (QED) is 0.313. The van der Waals surface area contributed by atoms with E-state index in [4.69, 9.17) is 16.3 Å². The highest BCUT2D eigenvalue weighted by Crippen LogP contribution is 2.44. The number of halogens is 1. The van der Waals surface area contributed by atoms with Crippen molar-refractivity contribution in [2.45, 2.75) is 63.2 Å². The first-order chi connectivity index (χ1) is 18.3. The summed E-state index contributed by atoms with van der Waals surface area (Å²) in [5.41, 5.74) is 0.530. The number of carbonyl (C=O) groups excluding carboxylic acids is 1. The van der Waals surface area contributed by atoms with E-state index in [0.717, 1.165) is 11.1 Å². The van der Waals surface area contributed by atoms with E-state index < -0.39 is 29.2 Å². The molecule has 6 nitrogen and oxygen atoms in total. The monoisotopic (exact) mass is 571 g/mol. The second-order valence-electron chi connectivity index (χ2n) is 11.0. The molecule has 0 aliphatic heterocycles. The van der Waals surface area contributed by atoms with Gasteiger partial charge >= 0.3 is 12.1 Å². The van der Waals surface area contributed by atoms with Gasteiger partial charge in [0.1, 0.15) is 11.0 Å². The Kier molecular flexibility index (Phi) is 10.3. The highest BCUT2D eigenvalue weighted by molar-refractivity contribution is 8.00. The van der Waals surface area contributed by atoms with Crippen molar-refractivity contribution in [3.63, 3.8) is 0 Å². The van der Waals surface area contributed by atoms with Crippen molar-refractivity contribution in [2.75, 3.05) is 13.1 Å². The molecular formula is C31H38ClNO5S. The van der Waals surface area contributed by atoms with Crippen molar-refractivity contribution in [3.05, 3.63) is 89.0 Å². The zero-order valence-corrected chi connectivity index (χ0v) is 24.7. The summed E-state index contributed by atoms with van der Waals surface area (Å²) in [6, 6.07) is 16.7. The van der Waals surface area contributed by atoms with Crippen LogP contribution in [0.4, 0.5) is 4.79 Å². The summed E-state index contributed by atoms with van der Waals surface area (Å²) in [4.78, 5) is 27.5. The number of aliphatic hydroxyl groups excluding tert-OH is 1. The molecule has 0 saturated carbocycles. The topological polar surface area (TPSA) is 87.1 Å². The molecule has 210 valence electrons. The third-order valence-electron chi connectivity index (χ3n) is 6.40. The van der Waals surface area contributed by atoms with Crippen LogP contribution >= 0.6 is 23.4 Å². The number of nitrogens with zero attached hydrogens (tertiary/aromatic N) is 1. The Labute approximate surface area is 240 Å². The summed E-state index contributed by atoms with van der Waals surface area (Å²) >= 11 is 7.69. The van der Waals surface area contributed by atoms with Crippen LogP contribution in [0.25, 0.3) is 5.57 Å². The van der Waals surface area contributed by atoms with Crippen LogP contribution in [0.5, 0.6) is 0 Å². The van der Waals surface area contributed by atoms with E-state index in [-0.39, 0.29) is 30.0 Å². The number of thioether (sulfide) groups is 1.